The monoisotopic (exact) mass is 409 g/mol. The van der Waals surface area contributed by atoms with Gasteiger partial charge in [0.25, 0.3) is 0 Å². The van der Waals surface area contributed by atoms with Crippen molar-refractivity contribution in [1.82, 2.24) is 4.98 Å². The molecule has 0 unspecified atom stereocenters. The molecule has 0 saturated heterocycles. The summed E-state index contributed by atoms with van der Waals surface area (Å²) in [5.74, 6) is -0.479. The van der Waals surface area contributed by atoms with Gasteiger partial charge in [-0.3, -0.25) is 0 Å². The first kappa shape index (κ1) is 16.5. The molecule has 0 fully saturated rings. The van der Waals surface area contributed by atoms with Crippen LogP contribution in [0.15, 0.2) is 47.2 Å². The second-order valence-corrected chi connectivity index (χ2v) is 7.42. The summed E-state index contributed by atoms with van der Waals surface area (Å²) in [6.45, 7) is 1.86. The van der Waals surface area contributed by atoms with E-state index in [4.69, 9.17) is 16.0 Å². The third-order valence-electron chi connectivity index (χ3n) is 3.16. The summed E-state index contributed by atoms with van der Waals surface area (Å²) < 4.78 is 5.96. The van der Waals surface area contributed by atoms with Crippen molar-refractivity contribution in [3.63, 3.8) is 0 Å². The molecule has 0 atom stereocenters. The Kier molecular flexibility index (Phi) is 4.85. The summed E-state index contributed by atoms with van der Waals surface area (Å²) in [5, 5.41) is 5.91. The van der Waals surface area contributed by atoms with Crippen LogP contribution in [0, 0.1) is 6.92 Å². The van der Waals surface area contributed by atoms with Gasteiger partial charge in [0.1, 0.15) is 0 Å². The fourth-order valence-corrected chi connectivity index (χ4v) is 3.72. The molecule has 0 bridgehead atoms. The fraction of sp³-hybridized carbons (Fsp3) is 0.0625. The van der Waals surface area contributed by atoms with Crippen LogP contribution in [-0.4, -0.2) is 31.3 Å². The van der Waals surface area contributed by atoms with Crippen molar-refractivity contribution < 1.29 is 14.0 Å². The van der Waals surface area contributed by atoms with Gasteiger partial charge in [-0.15, -0.1) is 0 Å². The summed E-state index contributed by atoms with van der Waals surface area (Å²) in [5.41, 5.74) is 1.45. The average molecular weight is 409 g/mol. The molecule has 2 aromatic heterocycles. The van der Waals surface area contributed by atoms with E-state index in [-0.39, 0.29) is 11.7 Å². The number of aryl methyl sites for hydroxylation is 1. The summed E-state index contributed by atoms with van der Waals surface area (Å²) in [6.07, 6.45) is 2.87. The van der Waals surface area contributed by atoms with Crippen LogP contribution in [-0.2, 0) is 0 Å². The summed E-state index contributed by atoms with van der Waals surface area (Å²) in [4.78, 5) is 28.3. The van der Waals surface area contributed by atoms with E-state index in [1.54, 1.807) is 18.2 Å². The molecule has 8 heteroatoms. The standard InChI is InChI=1S/C16H12ClN3O3Se/c1-9-4-2-5-10(17)13(9)19-15(22)12-8-18-16(24-12)20-14(21)11-6-3-7-23-11/h2-8H,1H3,(H,19,22)(H,18,20,21). The van der Waals surface area contributed by atoms with Crippen LogP contribution in [0.4, 0.5) is 10.4 Å². The molecular formula is C16H12ClN3O3Se. The van der Waals surface area contributed by atoms with Crippen molar-refractivity contribution in [2.45, 2.75) is 6.92 Å². The van der Waals surface area contributed by atoms with E-state index in [1.807, 2.05) is 19.1 Å². The minimum atomic E-state index is -0.401. The zero-order chi connectivity index (χ0) is 17.1. The van der Waals surface area contributed by atoms with E-state index < -0.39 is 20.4 Å². The van der Waals surface area contributed by atoms with Gasteiger partial charge in [0.15, 0.2) is 0 Å². The molecule has 24 heavy (non-hydrogen) atoms. The first-order valence-electron chi connectivity index (χ1n) is 6.92. The predicted octanol–water partition coefficient (Wildman–Crippen LogP) is 3.20. The quantitative estimate of drug-likeness (QED) is 0.649. The zero-order valence-corrected chi connectivity index (χ0v) is 15.0. The Morgan fingerprint density at radius 1 is 1.17 bits per heavy atom. The van der Waals surface area contributed by atoms with Crippen LogP contribution >= 0.6 is 11.6 Å². The molecule has 0 saturated carbocycles. The van der Waals surface area contributed by atoms with Crippen molar-refractivity contribution in [2.24, 2.45) is 0 Å². The number of nitrogens with one attached hydrogen (secondary N) is 2. The second-order valence-electron chi connectivity index (χ2n) is 4.85. The topological polar surface area (TPSA) is 84.2 Å². The maximum atomic E-state index is 12.4. The molecule has 0 aliphatic rings. The number of carbonyl (C=O) groups excluding carboxylic acids is 2. The number of rotatable bonds is 4. The molecule has 122 valence electrons. The van der Waals surface area contributed by atoms with Gasteiger partial charge in [-0.05, 0) is 0 Å². The molecule has 3 rings (SSSR count). The Balaban J connectivity index is 1.71. The van der Waals surface area contributed by atoms with Crippen LogP contribution in [0.2, 0.25) is 5.02 Å². The van der Waals surface area contributed by atoms with E-state index in [0.717, 1.165) is 5.56 Å². The van der Waals surface area contributed by atoms with Crippen LogP contribution in [0.3, 0.4) is 0 Å². The van der Waals surface area contributed by atoms with Crippen LogP contribution in [0.1, 0.15) is 25.4 Å². The molecule has 6 nitrogen and oxygen atoms in total. The Morgan fingerprint density at radius 2 is 2.00 bits per heavy atom. The molecule has 0 spiro atoms. The number of hydrogen-bond donors (Lipinski definition) is 2. The number of amides is 2. The van der Waals surface area contributed by atoms with Crippen molar-refractivity contribution in [1.29, 1.82) is 0 Å². The second kappa shape index (κ2) is 7.05. The van der Waals surface area contributed by atoms with Gasteiger partial charge in [-0.1, -0.05) is 0 Å². The summed E-state index contributed by atoms with van der Waals surface area (Å²) in [6, 6.07) is 8.57. The molecule has 3 aromatic rings. The number of furan rings is 1. The Bertz CT molecular complexity index is 870. The van der Waals surface area contributed by atoms with Gasteiger partial charge < -0.3 is 0 Å². The van der Waals surface area contributed by atoms with Crippen LogP contribution in [0.5, 0.6) is 0 Å². The van der Waals surface area contributed by atoms with E-state index in [9.17, 15) is 9.59 Å². The Labute approximate surface area is 148 Å². The molecular weight excluding hydrogens is 397 g/mol. The number of halogens is 1. The van der Waals surface area contributed by atoms with E-state index in [2.05, 4.69) is 15.6 Å². The minimum absolute atomic E-state index is 0.193. The van der Waals surface area contributed by atoms with E-state index in [0.29, 0.717) is 19.8 Å². The van der Waals surface area contributed by atoms with Gasteiger partial charge in [0.05, 0.1) is 0 Å². The van der Waals surface area contributed by atoms with Gasteiger partial charge in [-0.2, -0.15) is 0 Å². The van der Waals surface area contributed by atoms with Gasteiger partial charge in [-0.25, -0.2) is 0 Å². The number of benzene rings is 1. The normalized spacial score (nSPS) is 10.4. The number of hydrogen-bond acceptors (Lipinski definition) is 4. The fourth-order valence-electron chi connectivity index (χ4n) is 1.97. The Morgan fingerprint density at radius 3 is 2.71 bits per heavy atom. The third-order valence-corrected chi connectivity index (χ3v) is 5.38. The summed E-state index contributed by atoms with van der Waals surface area (Å²) in [7, 11) is 0. The molecule has 0 aliphatic heterocycles. The van der Waals surface area contributed by atoms with Crippen molar-refractivity contribution in [3.8, 4) is 0 Å². The van der Waals surface area contributed by atoms with E-state index in [1.165, 1.54) is 12.5 Å². The van der Waals surface area contributed by atoms with Crippen LogP contribution in [0.25, 0.3) is 0 Å². The van der Waals surface area contributed by atoms with Crippen molar-refractivity contribution >= 4 is 48.3 Å². The van der Waals surface area contributed by atoms with Crippen LogP contribution < -0.4 is 10.6 Å². The number of anilines is 2. The molecule has 0 radical (unpaired) electrons. The first-order chi connectivity index (χ1) is 11.5. The number of nitrogens with zero attached hydrogens (tertiary/aromatic N) is 1. The number of aromatic nitrogens is 1. The average Bonchev–Trinajstić information content (AvgIpc) is 3.22. The Hall–Kier alpha value is -2.34. The SMILES string of the molecule is Cc1cccc(Cl)c1NC(=O)c1cnc(NC(=O)c2ccco2)[se]1. The molecule has 2 amide bonds. The predicted molar refractivity (Wildman–Crippen MR) is 92.0 cm³/mol. The molecule has 2 N–H and O–H groups in total. The molecule has 2 heterocycles. The van der Waals surface area contributed by atoms with Gasteiger partial charge in [0, 0.05) is 0 Å². The molecule has 0 aliphatic carbocycles. The molecule has 1 aromatic carbocycles. The van der Waals surface area contributed by atoms with Crippen molar-refractivity contribution in [3.05, 3.63) is 63.6 Å². The van der Waals surface area contributed by atoms with Gasteiger partial charge >= 0.3 is 148 Å². The number of carbonyl (C=O) groups is 2. The third kappa shape index (κ3) is 3.59. The number of para-hydroxylation sites is 1. The summed E-state index contributed by atoms with van der Waals surface area (Å²) >= 11 is 5.71. The van der Waals surface area contributed by atoms with Crippen molar-refractivity contribution in [2.75, 3.05) is 10.6 Å². The maximum absolute atomic E-state index is 12.4. The zero-order valence-electron chi connectivity index (χ0n) is 12.5. The first-order valence-corrected chi connectivity index (χ1v) is 9.01. The van der Waals surface area contributed by atoms with E-state index >= 15 is 0 Å². The van der Waals surface area contributed by atoms with Gasteiger partial charge in [0.2, 0.25) is 0 Å².